The summed E-state index contributed by atoms with van der Waals surface area (Å²) in [5.41, 5.74) is 3.95. The van der Waals surface area contributed by atoms with E-state index in [1.165, 1.54) is 55.8 Å². The van der Waals surface area contributed by atoms with E-state index in [4.69, 9.17) is 9.47 Å². The van der Waals surface area contributed by atoms with Crippen LogP contribution in [0.25, 0.3) is 6.08 Å². The lowest BCUT2D eigenvalue weighted by Crippen LogP contribution is -2.48. The molecule has 1 unspecified atom stereocenters. The fraction of sp³-hybridized carbons (Fsp3) is 0.619. The zero-order valence-electron chi connectivity index (χ0n) is 15.7. The maximum atomic E-state index is 5.50. The predicted octanol–water partition coefficient (Wildman–Crippen LogP) is 2.89. The Balaban J connectivity index is 1.48. The first-order valence-electron chi connectivity index (χ1n) is 9.51. The van der Waals surface area contributed by atoms with Gasteiger partial charge >= 0.3 is 0 Å². The molecule has 138 valence electrons. The lowest BCUT2D eigenvalue weighted by molar-refractivity contribution is 0.116. The van der Waals surface area contributed by atoms with Crippen LogP contribution in [0.15, 0.2) is 29.8 Å². The van der Waals surface area contributed by atoms with Crippen molar-refractivity contribution in [1.82, 2.24) is 9.80 Å². The molecule has 4 nitrogen and oxygen atoms in total. The summed E-state index contributed by atoms with van der Waals surface area (Å²) in [7, 11) is 1.75. The molecule has 0 aliphatic carbocycles. The summed E-state index contributed by atoms with van der Waals surface area (Å²) in [5.74, 6) is 0.755. The molecule has 2 aliphatic heterocycles. The van der Waals surface area contributed by atoms with Crippen LogP contribution in [0.4, 0.5) is 0 Å². The third-order valence-corrected chi connectivity index (χ3v) is 5.24. The summed E-state index contributed by atoms with van der Waals surface area (Å²) >= 11 is 0. The Kier molecular flexibility index (Phi) is 7.05. The fourth-order valence-corrected chi connectivity index (χ4v) is 3.85. The second-order valence-corrected chi connectivity index (χ2v) is 7.43. The van der Waals surface area contributed by atoms with Gasteiger partial charge in [0.15, 0.2) is 0 Å². The minimum absolute atomic E-state index is 0.670. The second-order valence-electron chi connectivity index (χ2n) is 7.43. The van der Waals surface area contributed by atoms with E-state index in [1.807, 2.05) is 0 Å². The number of piperazine rings is 1. The Morgan fingerprint density at radius 3 is 2.68 bits per heavy atom. The zero-order valence-corrected chi connectivity index (χ0v) is 15.7. The van der Waals surface area contributed by atoms with Crippen molar-refractivity contribution in [1.29, 1.82) is 0 Å². The molecule has 1 aromatic carbocycles. The van der Waals surface area contributed by atoms with Crippen molar-refractivity contribution in [2.75, 3.05) is 59.6 Å². The Bertz CT molecular complexity index is 559. The van der Waals surface area contributed by atoms with Crippen molar-refractivity contribution in [3.8, 4) is 0 Å². The summed E-state index contributed by atoms with van der Waals surface area (Å²) in [4.78, 5) is 5.19. The van der Waals surface area contributed by atoms with Crippen molar-refractivity contribution in [2.45, 2.75) is 20.0 Å². The van der Waals surface area contributed by atoms with Crippen LogP contribution < -0.4 is 0 Å². The number of hydrogen-bond donors (Lipinski definition) is 0. The SMILES string of the molecule is COCc1ccccc1C=C(C)CN1CCN(CC2CCOC2)CC1. The fourth-order valence-electron chi connectivity index (χ4n) is 3.85. The molecule has 0 spiro atoms. The van der Waals surface area contributed by atoms with E-state index in [0.717, 1.165) is 25.7 Å². The molecule has 0 N–H and O–H groups in total. The van der Waals surface area contributed by atoms with Gasteiger partial charge in [-0.15, -0.1) is 0 Å². The summed E-state index contributed by atoms with van der Waals surface area (Å²) < 4.78 is 10.8. The van der Waals surface area contributed by atoms with Crippen molar-refractivity contribution in [3.63, 3.8) is 0 Å². The lowest BCUT2D eigenvalue weighted by Gasteiger charge is -2.35. The molecule has 2 fully saturated rings. The first kappa shape index (κ1) is 18.6. The van der Waals surface area contributed by atoms with Gasteiger partial charge in [0.05, 0.1) is 13.2 Å². The van der Waals surface area contributed by atoms with Gasteiger partial charge < -0.3 is 14.4 Å². The van der Waals surface area contributed by atoms with E-state index < -0.39 is 0 Å². The standard InChI is InChI=1S/C21H32N2O2/c1-18(13-20-5-3-4-6-21(20)17-24-2)14-22-8-10-23(11-9-22)15-19-7-12-25-16-19/h3-6,13,19H,7-12,14-17H2,1-2H3. The van der Waals surface area contributed by atoms with E-state index in [-0.39, 0.29) is 0 Å². The first-order chi connectivity index (χ1) is 12.2. The first-order valence-corrected chi connectivity index (χ1v) is 9.51. The number of benzene rings is 1. The molecule has 1 atom stereocenters. The minimum atomic E-state index is 0.670. The van der Waals surface area contributed by atoms with Gasteiger partial charge in [0.2, 0.25) is 0 Å². The molecule has 0 amide bonds. The molecule has 0 radical (unpaired) electrons. The molecule has 2 heterocycles. The van der Waals surface area contributed by atoms with Crippen molar-refractivity contribution in [2.24, 2.45) is 5.92 Å². The van der Waals surface area contributed by atoms with E-state index in [2.05, 4.69) is 47.1 Å². The Hall–Kier alpha value is -1.20. The van der Waals surface area contributed by atoms with Crippen molar-refractivity contribution in [3.05, 3.63) is 41.0 Å². The largest absolute Gasteiger partial charge is 0.381 e. The molecule has 0 bridgehead atoms. The summed E-state index contributed by atoms with van der Waals surface area (Å²) in [6.07, 6.45) is 3.56. The lowest BCUT2D eigenvalue weighted by atomic mass is 10.0. The molecule has 4 heteroatoms. The average Bonchev–Trinajstić information content (AvgIpc) is 3.12. The van der Waals surface area contributed by atoms with Gasteiger partial charge in [0.1, 0.15) is 0 Å². The number of nitrogens with zero attached hydrogens (tertiary/aromatic N) is 2. The van der Waals surface area contributed by atoms with Gasteiger partial charge in [-0.25, -0.2) is 0 Å². The molecule has 2 saturated heterocycles. The smallest absolute Gasteiger partial charge is 0.0718 e. The van der Waals surface area contributed by atoms with Crippen LogP contribution in [0.3, 0.4) is 0 Å². The second kappa shape index (κ2) is 9.48. The third-order valence-electron chi connectivity index (χ3n) is 5.24. The van der Waals surface area contributed by atoms with Gasteiger partial charge in [-0.05, 0) is 30.4 Å². The van der Waals surface area contributed by atoms with E-state index in [1.54, 1.807) is 7.11 Å². The molecule has 25 heavy (non-hydrogen) atoms. The molecular formula is C21H32N2O2. The highest BCUT2D eigenvalue weighted by Crippen LogP contribution is 2.17. The monoisotopic (exact) mass is 344 g/mol. The highest BCUT2D eigenvalue weighted by Gasteiger charge is 2.22. The summed E-state index contributed by atoms with van der Waals surface area (Å²) in [6.45, 7) is 11.8. The topological polar surface area (TPSA) is 24.9 Å². The normalized spacial score (nSPS) is 23.3. The van der Waals surface area contributed by atoms with Crippen molar-refractivity contribution < 1.29 is 9.47 Å². The van der Waals surface area contributed by atoms with Gasteiger partial charge in [0.25, 0.3) is 0 Å². The molecule has 0 saturated carbocycles. The molecule has 0 aromatic heterocycles. The van der Waals surface area contributed by atoms with Gasteiger partial charge in [-0.2, -0.15) is 0 Å². The summed E-state index contributed by atoms with van der Waals surface area (Å²) in [5, 5.41) is 0. The average molecular weight is 344 g/mol. The van der Waals surface area contributed by atoms with Crippen LogP contribution >= 0.6 is 0 Å². The van der Waals surface area contributed by atoms with E-state index in [0.29, 0.717) is 6.61 Å². The minimum Gasteiger partial charge on any atom is -0.381 e. The number of hydrogen-bond acceptors (Lipinski definition) is 4. The highest BCUT2D eigenvalue weighted by molar-refractivity contribution is 5.56. The van der Waals surface area contributed by atoms with Crippen LogP contribution in [-0.2, 0) is 16.1 Å². The Morgan fingerprint density at radius 1 is 1.20 bits per heavy atom. The zero-order chi connectivity index (χ0) is 17.5. The van der Waals surface area contributed by atoms with E-state index in [9.17, 15) is 0 Å². The third kappa shape index (κ3) is 5.65. The predicted molar refractivity (Wildman–Crippen MR) is 103 cm³/mol. The maximum Gasteiger partial charge on any atom is 0.0718 e. The van der Waals surface area contributed by atoms with Crippen LogP contribution in [0.1, 0.15) is 24.5 Å². The van der Waals surface area contributed by atoms with Crippen LogP contribution in [0.2, 0.25) is 0 Å². The van der Waals surface area contributed by atoms with Gasteiger partial charge in [-0.1, -0.05) is 35.9 Å². The quantitative estimate of drug-likeness (QED) is 0.759. The van der Waals surface area contributed by atoms with Crippen LogP contribution in [0, 0.1) is 5.92 Å². The Morgan fingerprint density at radius 2 is 1.96 bits per heavy atom. The van der Waals surface area contributed by atoms with Crippen LogP contribution in [-0.4, -0.2) is 69.4 Å². The number of ether oxygens (including phenoxy) is 2. The van der Waals surface area contributed by atoms with Gasteiger partial charge in [-0.3, -0.25) is 4.90 Å². The number of rotatable bonds is 7. The van der Waals surface area contributed by atoms with Gasteiger partial charge in [0, 0.05) is 53.0 Å². The highest BCUT2D eigenvalue weighted by atomic mass is 16.5. The molecule has 3 rings (SSSR count). The maximum absolute atomic E-state index is 5.50. The van der Waals surface area contributed by atoms with Crippen LogP contribution in [0.5, 0.6) is 0 Å². The van der Waals surface area contributed by atoms with Crippen molar-refractivity contribution >= 4 is 6.08 Å². The van der Waals surface area contributed by atoms with E-state index >= 15 is 0 Å². The summed E-state index contributed by atoms with van der Waals surface area (Å²) in [6, 6.07) is 8.51. The Labute approximate surface area is 152 Å². The molecule has 2 aliphatic rings. The molecule has 1 aromatic rings. The molecular weight excluding hydrogens is 312 g/mol. The number of methoxy groups -OCH3 is 1.